The molecule has 0 fully saturated rings. The summed E-state index contributed by atoms with van der Waals surface area (Å²) in [4.78, 5) is 45.4. The van der Waals surface area contributed by atoms with Crippen LogP contribution in [-0.4, -0.2) is 31.7 Å². The zero-order chi connectivity index (χ0) is 20.4. The van der Waals surface area contributed by atoms with Crippen molar-refractivity contribution in [2.24, 2.45) is 14.1 Å². The van der Waals surface area contributed by atoms with Gasteiger partial charge >= 0.3 is 11.7 Å². The van der Waals surface area contributed by atoms with E-state index in [1.165, 1.54) is 23.0 Å². The number of hydrogen-bond acceptors (Lipinski definition) is 8. The number of thiazole rings is 1. The van der Waals surface area contributed by atoms with Gasteiger partial charge in [0.2, 0.25) is 0 Å². The summed E-state index contributed by atoms with van der Waals surface area (Å²) in [6.45, 7) is 4.02. The molecule has 3 aromatic heterocycles. The first-order valence-corrected chi connectivity index (χ1v) is 9.69. The Morgan fingerprint density at radius 2 is 2.00 bits per heavy atom. The average Bonchev–Trinajstić information content (AvgIpc) is 3.11. The lowest BCUT2D eigenvalue weighted by molar-refractivity contribution is -0.142. The van der Waals surface area contributed by atoms with Crippen LogP contribution in [0.4, 0.5) is 10.8 Å². The van der Waals surface area contributed by atoms with Gasteiger partial charge < -0.3 is 10.1 Å². The van der Waals surface area contributed by atoms with E-state index in [-0.39, 0.29) is 12.4 Å². The molecule has 0 aromatic carbocycles. The molecular weight excluding hydrogens is 382 g/mol. The van der Waals surface area contributed by atoms with Gasteiger partial charge in [0.05, 0.1) is 24.4 Å². The van der Waals surface area contributed by atoms with Gasteiger partial charge in [-0.1, -0.05) is 6.92 Å². The van der Waals surface area contributed by atoms with Crippen molar-refractivity contribution in [2.45, 2.75) is 26.7 Å². The first-order chi connectivity index (χ1) is 13.4. The zero-order valence-electron chi connectivity index (χ0n) is 16.1. The van der Waals surface area contributed by atoms with Crippen molar-refractivity contribution in [3.63, 3.8) is 0 Å². The quantitative estimate of drug-likeness (QED) is 0.621. The second-order valence-corrected chi connectivity index (χ2v) is 7.03. The van der Waals surface area contributed by atoms with Gasteiger partial charge in [-0.05, 0) is 18.9 Å². The molecule has 0 aliphatic carbocycles. The van der Waals surface area contributed by atoms with E-state index in [0.717, 1.165) is 10.1 Å². The Labute approximate surface area is 164 Å². The first-order valence-electron chi connectivity index (χ1n) is 8.82. The van der Waals surface area contributed by atoms with Crippen LogP contribution in [0.1, 0.15) is 25.1 Å². The van der Waals surface area contributed by atoms with Crippen LogP contribution in [0.2, 0.25) is 0 Å². The number of esters is 1. The van der Waals surface area contributed by atoms with Gasteiger partial charge in [0.25, 0.3) is 5.56 Å². The van der Waals surface area contributed by atoms with Crippen molar-refractivity contribution >= 4 is 39.2 Å². The summed E-state index contributed by atoms with van der Waals surface area (Å²) in [5, 5.41) is 5.82. The van der Waals surface area contributed by atoms with E-state index in [1.54, 1.807) is 25.5 Å². The van der Waals surface area contributed by atoms with Gasteiger partial charge in [-0.25, -0.2) is 14.8 Å². The minimum Gasteiger partial charge on any atom is -0.466 e. The molecule has 0 aliphatic heterocycles. The summed E-state index contributed by atoms with van der Waals surface area (Å²) < 4.78 is 7.34. The van der Waals surface area contributed by atoms with Crippen molar-refractivity contribution in [1.82, 2.24) is 19.1 Å². The van der Waals surface area contributed by atoms with Crippen LogP contribution in [-0.2, 0) is 36.5 Å². The Hall–Kier alpha value is -3.01. The number of rotatable bonds is 6. The lowest BCUT2D eigenvalue weighted by Gasteiger charge is -2.14. The Kier molecular flexibility index (Phi) is 5.59. The average molecular weight is 403 g/mol. The number of aryl methyl sites for hydroxylation is 2. The Bertz CT molecular complexity index is 1160. The molecule has 3 heterocycles. The third-order valence-corrected chi connectivity index (χ3v) is 5.15. The molecule has 3 rings (SSSR count). The maximum Gasteiger partial charge on any atom is 0.332 e. The molecule has 28 heavy (non-hydrogen) atoms. The standard InChI is InChI=1S/C18H21N5O4S/c1-5-10-8-19-15-13(16(25)23(4)18(26)22(15)3)14(10)21-17-20-11(9-28-17)7-12(24)27-6-2/h8-9H,5-7H2,1-4H3,(H,19,20,21). The van der Waals surface area contributed by atoms with Gasteiger partial charge in [0, 0.05) is 25.7 Å². The van der Waals surface area contributed by atoms with Gasteiger partial charge in [0.1, 0.15) is 5.39 Å². The highest BCUT2D eigenvalue weighted by Gasteiger charge is 2.18. The van der Waals surface area contributed by atoms with E-state index in [2.05, 4.69) is 15.3 Å². The van der Waals surface area contributed by atoms with Crippen molar-refractivity contribution in [1.29, 1.82) is 0 Å². The summed E-state index contributed by atoms with van der Waals surface area (Å²) in [6.07, 6.45) is 2.37. The Balaban J connectivity index is 2.08. The number of fused-ring (bicyclic) bond motifs is 1. The van der Waals surface area contributed by atoms with Crippen LogP contribution in [0.3, 0.4) is 0 Å². The number of nitrogens with zero attached hydrogens (tertiary/aromatic N) is 4. The summed E-state index contributed by atoms with van der Waals surface area (Å²) in [6, 6.07) is 0. The number of anilines is 2. The molecule has 1 N–H and O–H groups in total. The van der Waals surface area contributed by atoms with E-state index < -0.39 is 11.2 Å². The maximum atomic E-state index is 12.8. The fraction of sp³-hybridized carbons (Fsp3) is 0.389. The molecule has 0 atom stereocenters. The van der Waals surface area contributed by atoms with E-state index in [1.807, 2.05) is 6.92 Å². The minimum absolute atomic E-state index is 0.0833. The number of hydrogen-bond donors (Lipinski definition) is 1. The van der Waals surface area contributed by atoms with Gasteiger partial charge in [-0.15, -0.1) is 11.3 Å². The number of carbonyl (C=O) groups is 1. The molecule has 0 aliphatic rings. The molecule has 0 amide bonds. The molecule has 0 bridgehead atoms. The molecule has 3 aromatic rings. The highest BCUT2D eigenvalue weighted by Crippen LogP contribution is 2.28. The summed E-state index contributed by atoms with van der Waals surface area (Å²) in [5.41, 5.74) is 1.42. The normalized spacial score (nSPS) is 11.0. The van der Waals surface area contributed by atoms with E-state index in [4.69, 9.17) is 4.74 Å². The SMILES string of the molecule is CCOC(=O)Cc1csc(Nc2c(CC)cnc3c2c(=O)n(C)c(=O)n3C)n1. The van der Waals surface area contributed by atoms with E-state index >= 15 is 0 Å². The van der Waals surface area contributed by atoms with Crippen LogP contribution >= 0.6 is 11.3 Å². The minimum atomic E-state index is -0.439. The van der Waals surface area contributed by atoms with E-state index in [9.17, 15) is 14.4 Å². The molecule has 0 unspecified atom stereocenters. The van der Waals surface area contributed by atoms with Crippen molar-refractivity contribution < 1.29 is 9.53 Å². The second-order valence-electron chi connectivity index (χ2n) is 6.17. The molecule has 0 spiro atoms. The molecule has 0 radical (unpaired) electrons. The molecule has 10 heteroatoms. The number of ether oxygens (including phenoxy) is 1. The van der Waals surface area contributed by atoms with Crippen molar-refractivity contribution in [3.8, 4) is 0 Å². The molecule has 148 valence electrons. The molecule has 0 saturated carbocycles. The van der Waals surface area contributed by atoms with Crippen molar-refractivity contribution in [2.75, 3.05) is 11.9 Å². The van der Waals surface area contributed by atoms with Crippen LogP contribution in [0.15, 0.2) is 21.2 Å². The first kappa shape index (κ1) is 19.7. The number of nitrogens with one attached hydrogen (secondary N) is 1. The maximum absolute atomic E-state index is 12.8. The largest absolute Gasteiger partial charge is 0.466 e. The van der Waals surface area contributed by atoms with Crippen LogP contribution in [0.5, 0.6) is 0 Å². The van der Waals surface area contributed by atoms with Crippen molar-refractivity contribution in [3.05, 3.63) is 43.7 Å². The number of pyridine rings is 1. The smallest absolute Gasteiger partial charge is 0.332 e. The zero-order valence-corrected chi connectivity index (χ0v) is 16.9. The predicted molar refractivity (Wildman–Crippen MR) is 107 cm³/mol. The molecule has 0 saturated heterocycles. The summed E-state index contributed by atoms with van der Waals surface area (Å²) >= 11 is 1.32. The van der Waals surface area contributed by atoms with Gasteiger partial charge in [-0.3, -0.25) is 18.7 Å². The van der Waals surface area contributed by atoms with Crippen LogP contribution in [0.25, 0.3) is 11.0 Å². The van der Waals surface area contributed by atoms with E-state index in [0.29, 0.717) is 40.6 Å². The fourth-order valence-electron chi connectivity index (χ4n) is 2.89. The lowest BCUT2D eigenvalue weighted by Crippen LogP contribution is -2.37. The summed E-state index contributed by atoms with van der Waals surface area (Å²) in [5.74, 6) is -0.341. The highest BCUT2D eigenvalue weighted by molar-refractivity contribution is 7.13. The Morgan fingerprint density at radius 1 is 1.25 bits per heavy atom. The summed E-state index contributed by atoms with van der Waals surface area (Å²) in [7, 11) is 3.01. The molecular formula is C18H21N5O4S. The van der Waals surface area contributed by atoms with Crippen LogP contribution < -0.4 is 16.6 Å². The predicted octanol–water partition coefficient (Wildman–Crippen LogP) is 1.50. The highest BCUT2D eigenvalue weighted by atomic mass is 32.1. The topological polar surface area (TPSA) is 108 Å². The number of carbonyl (C=O) groups excluding carboxylic acids is 1. The third kappa shape index (κ3) is 3.55. The molecule has 9 nitrogen and oxygen atoms in total. The fourth-order valence-corrected chi connectivity index (χ4v) is 3.61. The van der Waals surface area contributed by atoms with Crippen LogP contribution in [0, 0.1) is 0 Å². The van der Waals surface area contributed by atoms with Gasteiger partial charge in [-0.2, -0.15) is 0 Å². The second kappa shape index (κ2) is 7.93. The van der Waals surface area contributed by atoms with Gasteiger partial charge in [0.15, 0.2) is 10.8 Å². The third-order valence-electron chi connectivity index (χ3n) is 4.34. The number of aromatic nitrogens is 4. The monoisotopic (exact) mass is 403 g/mol. The Morgan fingerprint density at radius 3 is 2.68 bits per heavy atom. The lowest BCUT2D eigenvalue weighted by atomic mass is 10.1.